The molecule has 1 N–H and O–H groups in total. The van der Waals surface area contributed by atoms with Crippen molar-refractivity contribution in [2.45, 2.75) is 18.6 Å². The summed E-state index contributed by atoms with van der Waals surface area (Å²) in [5.41, 5.74) is 1.42. The maximum Gasteiger partial charge on any atom is 0.123 e. The first-order chi connectivity index (χ1) is 10.7. The molecule has 1 aliphatic carbocycles. The van der Waals surface area contributed by atoms with E-state index in [9.17, 15) is 9.50 Å². The average Bonchev–Trinajstić information content (AvgIpc) is 2.56. The van der Waals surface area contributed by atoms with E-state index in [0.717, 1.165) is 31.6 Å². The summed E-state index contributed by atoms with van der Waals surface area (Å²) in [6.07, 6.45) is 1.07. The molecule has 2 aliphatic heterocycles. The Labute approximate surface area is 130 Å². The Morgan fingerprint density at radius 2 is 1.64 bits per heavy atom. The highest BCUT2D eigenvalue weighted by Crippen LogP contribution is 2.55. The number of halogens is 1. The van der Waals surface area contributed by atoms with Crippen molar-refractivity contribution in [2.75, 3.05) is 13.1 Å². The Morgan fingerprint density at radius 1 is 1.00 bits per heavy atom. The van der Waals surface area contributed by atoms with Crippen molar-refractivity contribution in [1.82, 2.24) is 4.90 Å². The summed E-state index contributed by atoms with van der Waals surface area (Å²) in [6.45, 7) is 2.74. The molecule has 22 heavy (non-hydrogen) atoms. The second-order valence-corrected chi connectivity index (χ2v) is 6.64. The first-order valence-corrected chi connectivity index (χ1v) is 7.91. The summed E-state index contributed by atoms with van der Waals surface area (Å²) < 4.78 is 13.1. The molecule has 114 valence electrons. The smallest absolute Gasteiger partial charge is 0.123 e. The minimum atomic E-state index is -0.763. The second-order valence-electron chi connectivity index (χ2n) is 6.64. The van der Waals surface area contributed by atoms with Gasteiger partial charge in [0.15, 0.2) is 0 Å². The normalized spacial score (nSPS) is 30.8. The van der Waals surface area contributed by atoms with Gasteiger partial charge >= 0.3 is 0 Å². The van der Waals surface area contributed by atoms with Crippen molar-refractivity contribution in [3.05, 3.63) is 71.5 Å². The van der Waals surface area contributed by atoms with Gasteiger partial charge in [-0.15, -0.1) is 0 Å². The topological polar surface area (TPSA) is 23.5 Å². The Morgan fingerprint density at radius 3 is 2.27 bits per heavy atom. The van der Waals surface area contributed by atoms with Gasteiger partial charge in [0.05, 0.1) is 5.60 Å². The molecule has 0 spiro atoms. The first kappa shape index (κ1) is 13.9. The summed E-state index contributed by atoms with van der Waals surface area (Å²) in [7, 11) is 0. The van der Waals surface area contributed by atoms with Gasteiger partial charge in [0, 0.05) is 31.5 Å². The van der Waals surface area contributed by atoms with E-state index in [1.807, 2.05) is 6.07 Å². The number of hydrogen-bond donors (Lipinski definition) is 1. The van der Waals surface area contributed by atoms with Gasteiger partial charge in [0.2, 0.25) is 0 Å². The number of fused-ring (bicyclic) bond motifs is 2. The van der Waals surface area contributed by atoms with E-state index in [-0.39, 0.29) is 17.7 Å². The number of piperidine rings is 2. The van der Waals surface area contributed by atoms with Crippen LogP contribution in [0.2, 0.25) is 0 Å². The maximum absolute atomic E-state index is 13.1. The van der Waals surface area contributed by atoms with Crippen molar-refractivity contribution < 1.29 is 9.50 Å². The van der Waals surface area contributed by atoms with E-state index in [1.54, 1.807) is 12.1 Å². The number of nitrogens with zero attached hydrogens (tertiary/aromatic N) is 1. The molecule has 1 saturated carbocycles. The molecule has 3 atom stereocenters. The molecule has 2 heterocycles. The van der Waals surface area contributed by atoms with E-state index < -0.39 is 5.60 Å². The van der Waals surface area contributed by atoms with Crippen LogP contribution in [0, 0.1) is 17.7 Å². The van der Waals surface area contributed by atoms with Crippen LogP contribution in [0.3, 0.4) is 0 Å². The van der Waals surface area contributed by atoms with Crippen molar-refractivity contribution in [1.29, 1.82) is 0 Å². The lowest BCUT2D eigenvalue weighted by atomic mass is 9.55. The molecular formula is C19H20FNO. The molecule has 3 heteroatoms. The zero-order chi connectivity index (χ0) is 15.2. The van der Waals surface area contributed by atoms with Crippen molar-refractivity contribution in [3.8, 4) is 0 Å². The molecule has 2 nitrogen and oxygen atoms in total. The van der Waals surface area contributed by atoms with Gasteiger partial charge < -0.3 is 5.11 Å². The molecule has 0 amide bonds. The van der Waals surface area contributed by atoms with Gasteiger partial charge in [-0.05, 0) is 29.7 Å². The lowest BCUT2D eigenvalue weighted by molar-refractivity contribution is -0.205. The monoisotopic (exact) mass is 297 g/mol. The highest BCUT2D eigenvalue weighted by Gasteiger charge is 2.58. The van der Waals surface area contributed by atoms with Crippen molar-refractivity contribution in [3.63, 3.8) is 0 Å². The van der Waals surface area contributed by atoms with E-state index >= 15 is 0 Å². The molecule has 2 saturated heterocycles. The Bertz CT molecular complexity index is 643. The average molecular weight is 297 g/mol. The maximum atomic E-state index is 13.1. The number of aliphatic hydroxyl groups is 1. The van der Waals surface area contributed by atoms with Gasteiger partial charge in [0.1, 0.15) is 5.82 Å². The summed E-state index contributed by atoms with van der Waals surface area (Å²) in [5.74, 6) is 0.253. The van der Waals surface area contributed by atoms with Crippen LogP contribution >= 0.6 is 0 Å². The van der Waals surface area contributed by atoms with Crippen LogP contribution in [-0.4, -0.2) is 23.1 Å². The van der Waals surface area contributed by atoms with Gasteiger partial charge in [-0.1, -0.05) is 42.5 Å². The fraction of sp³-hybridized carbons (Fsp3) is 0.368. The third kappa shape index (κ3) is 2.16. The quantitative estimate of drug-likeness (QED) is 0.940. The molecule has 2 aromatic carbocycles. The van der Waals surface area contributed by atoms with Crippen molar-refractivity contribution >= 4 is 0 Å². The lowest BCUT2D eigenvalue weighted by Gasteiger charge is -2.59. The molecule has 2 bridgehead atoms. The van der Waals surface area contributed by atoms with Crippen LogP contribution in [-0.2, 0) is 12.1 Å². The first-order valence-electron chi connectivity index (χ1n) is 7.91. The zero-order valence-electron chi connectivity index (χ0n) is 12.5. The number of hydrogen-bond acceptors (Lipinski definition) is 2. The third-order valence-electron chi connectivity index (χ3n) is 5.33. The van der Waals surface area contributed by atoms with Crippen LogP contribution < -0.4 is 0 Å². The van der Waals surface area contributed by atoms with E-state index in [0.29, 0.717) is 0 Å². The molecule has 0 radical (unpaired) electrons. The van der Waals surface area contributed by atoms with Crippen LogP contribution in [0.4, 0.5) is 4.39 Å². The fourth-order valence-electron chi connectivity index (χ4n) is 4.16. The van der Waals surface area contributed by atoms with Gasteiger partial charge in [-0.3, -0.25) is 4.90 Å². The van der Waals surface area contributed by atoms with E-state index in [4.69, 9.17) is 0 Å². The molecule has 3 aliphatic rings. The van der Waals surface area contributed by atoms with Crippen LogP contribution in [0.5, 0.6) is 0 Å². The zero-order valence-corrected chi connectivity index (χ0v) is 12.5. The van der Waals surface area contributed by atoms with Crippen molar-refractivity contribution in [2.24, 2.45) is 11.8 Å². The minimum absolute atomic E-state index is 0.248. The Balaban J connectivity index is 1.49. The second kappa shape index (κ2) is 5.18. The highest BCUT2D eigenvalue weighted by molar-refractivity contribution is 5.30. The SMILES string of the molecule is OC1(c2ccc(F)cc2)[C@@H]2C[C@H]1CN(Cc1ccccc1)C2. The molecule has 3 fully saturated rings. The molecule has 1 unspecified atom stereocenters. The van der Waals surface area contributed by atoms with E-state index in [2.05, 4.69) is 29.2 Å². The van der Waals surface area contributed by atoms with E-state index in [1.165, 1.54) is 17.7 Å². The summed E-state index contributed by atoms with van der Waals surface area (Å²) >= 11 is 0. The molecule has 5 rings (SSSR count). The van der Waals surface area contributed by atoms with Gasteiger partial charge in [-0.2, -0.15) is 0 Å². The summed E-state index contributed by atoms with van der Waals surface area (Å²) in [5, 5.41) is 11.1. The molecule has 2 aromatic rings. The van der Waals surface area contributed by atoms with Crippen LogP contribution in [0.1, 0.15) is 17.5 Å². The minimum Gasteiger partial charge on any atom is -0.384 e. The van der Waals surface area contributed by atoms with Gasteiger partial charge in [0.25, 0.3) is 0 Å². The van der Waals surface area contributed by atoms with Crippen LogP contribution in [0.15, 0.2) is 54.6 Å². The third-order valence-corrected chi connectivity index (χ3v) is 5.33. The van der Waals surface area contributed by atoms with Gasteiger partial charge in [-0.25, -0.2) is 4.39 Å². The molecule has 0 aromatic heterocycles. The predicted molar refractivity (Wildman–Crippen MR) is 83.6 cm³/mol. The summed E-state index contributed by atoms with van der Waals surface area (Å²) in [6, 6.07) is 16.8. The predicted octanol–water partition coefficient (Wildman–Crippen LogP) is 3.17. The number of benzene rings is 2. The highest BCUT2D eigenvalue weighted by atomic mass is 19.1. The largest absolute Gasteiger partial charge is 0.384 e. The Hall–Kier alpha value is -1.71. The number of rotatable bonds is 3. The Kier molecular flexibility index (Phi) is 3.28. The lowest BCUT2D eigenvalue weighted by Crippen LogP contribution is -2.64. The van der Waals surface area contributed by atoms with Crippen LogP contribution in [0.25, 0.3) is 0 Å². The fourth-order valence-corrected chi connectivity index (χ4v) is 4.16. The summed E-state index contributed by atoms with van der Waals surface area (Å²) in [4.78, 5) is 2.42. The molecular weight excluding hydrogens is 277 g/mol. The standard InChI is InChI=1S/C19H20FNO/c20-18-8-6-15(7-9-18)19(22)16-10-17(19)13-21(12-16)11-14-4-2-1-3-5-14/h1-9,16-17,22H,10-13H2/t16-,17+,19?.